The Labute approximate surface area is 120 Å². The molecule has 3 rings (SSSR count). The van der Waals surface area contributed by atoms with E-state index in [9.17, 15) is 5.11 Å². The quantitative estimate of drug-likeness (QED) is 0.907. The molecule has 104 valence electrons. The number of aliphatic hydroxyl groups excluding tert-OH is 1. The molecule has 2 aromatic rings. The van der Waals surface area contributed by atoms with Crippen LogP contribution >= 0.6 is 0 Å². The van der Waals surface area contributed by atoms with Crippen LogP contribution in [0.15, 0.2) is 42.5 Å². The molecule has 0 heterocycles. The topological polar surface area (TPSA) is 29.5 Å². The summed E-state index contributed by atoms with van der Waals surface area (Å²) < 4.78 is 5.71. The van der Waals surface area contributed by atoms with Gasteiger partial charge in [-0.15, -0.1) is 0 Å². The highest BCUT2D eigenvalue weighted by atomic mass is 16.5. The molecule has 20 heavy (non-hydrogen) atoms. The number of benzene rings is 2. The number of rotatable bonds is 3. The normalized spacial score (nSPS) is 17.6. The average Bonchev–Trinajstić information content (AvgIpc) is 2.48. The van der Waals surface area contributed by atoms with Crippen molar-refractivity contribution in [2.45, 2.75) is 32.3 Å². The summed E-state index contributed by atoms with van der Waals surface area (Å²) in [4.78, 5) is 0. The molecule has 0 radical (unpaired) electrons. The first-order valence-corrected chi connectivity index (χ1v) is 7.32. The minimum atomic E-state index is -0.296. The number of hydrogen-bond donors (Lipinski definition) is 1. The Bertz CT molecular complexity index is 604. The molecule has 0 saturated carbocycles. The first-order valence-electron chi connectivity index (χ1n) is 7.32. The standard InChI is InChI=1S/C18H20O2/c1-2-20-18-9-4-3-7-16(18)14-10-11-15-13(12-14)6-5-8-17(15)19/h3-4,7,9-12,17,19H,2,5-6,8H2,1H3. The summed E-state index contributed by atoms with van der Waals surface area (Å²) in [5.74, 6) is 0.923. The smallest absolute Gasteiger partial charge is 0.127 e. The summed E-state index contributed by atoms with van der Waals surface area (Å²) in [7, 11) is 0. The minimum absolute atomic E-state index is 0.296. The van der Waals surface area contributed by atoms with Crippen LogP contribution in [-0.4, -0.2) is 11.7 Å². The van der Waals surface area contributed by atoms with Gasteiger partial charge in [0.25, 0.3) is 0 Å². The van der Waals surface area contributed by atoms with E-state index in [0.717, 1.165) is 36.1 Å². The fraction of sp³-hybridized carbons (Fsp3) is 0.333. The summed E-state index contributed by atoms with van der Waals surface area (Å²) in [6.07, 6.45) is 2.69. The van der Waals surface area contributed by atoms with Gasteiger partial charge in [0.05, 0.1) is 12.7 Å². The van der Waals surface area contributed by atoms with Gasteiger partial charge in [0, 0.05) is 5.56 Å². The number of para-hydroxylation sites is 1. The van der Waals surface area contributed by atoms with E-state index in [1.807, 2.05) is 25.1 Å². The predicted octanol–water partition coefficient (Wildman–Crippen LogP) is 4.12. The van der Waals surface area contributed by atoms with Gasteiger partial charge < -0.3 is 9.84 Å². The minimum Gasteiger partial charge on any atom is -0.493 e. The van der Waals surface area contributed by atoms with Gasteiger partial charge >= 0.3 is 0 Å². The maximum absolute atomic E-state index is 10.0. The zero-order valence-corrected chi connectivity index (χ0v) is 11.8. The molecule has 2 nitrogen and oxygen atoms in total. The molecule has 0 bridgehead atoms. The van der Waals surface area contributed by atoms with Crippen molar-refractivity contribution >= 4 is 0 Å². The van der Waals surface area contributed by atoms with Gasteiger partial charge in [0.1, 0.15) is 5.75 Å². The maximum Gasteiger partial charge on any atom is 0.127 e. The third-order valence-corrected chi connectivity index (χ3v) is 3.92. The van der Waals surface area contributed by atoms with Crippen LogP contribution < -0.4 is 4.74 Å². The highest BCUT2D eigenvalue weighted by Crippen LogP contribution is 2.35. The van der Waals surface area contributed by atoms with Crippen molar-refractivity contribution in [3.63, 3.8) is 0 Å². The van der Waals surface area contributed by atoms with E-state index >= 15 is 0 Å². The number of hydrogen-bond acceptors (Lipinski definition) is 2. The first kappa shape index (κ1) is 13.2. The van der Waals surface area contributed by atoms with Crippen molar-refractivity contribution in [2.75, 3.05) is 6.61 Å². The second kappa shape index (κ2) is 5.68. The Morgan fingerprint density at radius 3 is 2.90 bits per heavy atom. The Hall–Kier alpha value is -1.80. The molecule has 1 aliphatic rings. The van der Waals surface area contributed by atoms with Crippen molar-refractivity contribution in [3.05, 3.63) is 53.6 Å². The molecule has 1 aliphatic carbocycles. The van der Waals surface area contributed by atoms with E-state index in [-0.39, 0.29) is 6.10 Å². The van der Waals surface area contributed by atoms with Crippen molar-refractivity contribution in [2.24, 2.45) is 0 Å². The first-order chi connectivity index (χ1) is 9.79. The van der Waals surface area contributed by atoms with E-state index in [2.05, 4.69) is 24.3 Å². The SMILES string of the molecule is CCOc1ccccc1-c1ccc2c(c1)CCCC2O. The Kier molecular flexibility index (Phi) is 3.75. The number of aliphatic hydroxyl groups is 1. The van der Waals surface area contributed by atoms with E-state index in [1.165, 1.54) is 11.1 Å². The highest BCUT2D eigenvalue weighted by Gasteiger charge is 2.18. The number of aryl methyl sites for hydroxylation is 1. The lowest BCUT2D eigenvalue weighted by atomic mass is 9.87. The van der Waals surface area contributed by atoms with Gasteiger partial charge in [-0.25, -0.2) is 0 Å². The molecule has 1 unspecified atom stereocenters. The molecule has 0 aromatic heterocycles. The molecule has 0 amide bonds. The fourth-order valence-electron chi connectivity index (χ4n) is 2.94. The predicted molar refractivity (Wildman–Crippen MR) is 80.9 cm³/mol. The van der Waals surface area contributed by atoms with Gasteiger partial charge in [-0.1, -0.05) is 36.4 Å². The van der Waals surface area contributed by atoms with Crippen molar-refractivity contribution in [1.29, 1.82) is 0 Å². The highest BCUT2D eigenvalue weighted by molar-refractivity contribution is 5.71. The molecular weight excluding hydrogens is 248 g/mol. The van der Waals surface area contributed by atoms with E-state index in [4.69, 9.17) is 4.74 Å². The van der Waals surface area contributed by atoms with Crippen molar-refractivity contribution in [3.8, 4) is 16.9 Å². The summed E-state index contributed by atoms with van der Waals surface area (Å²) >= 11 is 0. The fourth-order valence-corrected chi connectivity index (χ4v) is 2.94. The Morgan fingerprint density at radius 2 is 2.05 bits per heavy atom. The van der Waals surface area contributed by atoms with Crippen molar-refractivity contribution in [1.82, 2.24) is 0 Å². The second-order valence-electron chi connectivity index (χ2n) is 5.25. The van der Waals surface area contributed by atoms with Crippen LogP contribution in [0.25, 0.3) is 11.1 Å². The maximum atomic E-state index is 10.0. The lowest BCUT2D eigenvalue weighted by Gasteiger charge is -2.22. The summed E-state index contributed by atoms with van der Waals surface area (Å²) in [5, 5.41) is 10.0. The monoisotopic (exact) mass is 268 g/mol. The van der Waals surface area contributed by atoms with E-state index in [1.54, 1.807) is 0 Å². The summed E-state index contributed by atoms with van der Waals surface area (Å²) in [6.45, 7) is 2.67. The molecule has 0 saturated heterocycles. The molecule has 0 fully saturated rings. The lowest BCUT2D eigenvalue weighted by Crippen LogP contribution is -2.09. The average molecular weight is 268 g/mol. The van der Waals surface area contributed by atoms with Crippen LogP contribution in [0.4, 0.5) is 0 Å². The van der Waals surface area contributed by atoms with Crippen LogP contribution in [-0.2, 0) is 6.42 Å². The molecule has 2 aromatic carbocycles. The largest absolute Gasteiger partial charge is 0.493 e. The van der Waals surface area contributed by atoms with Gasteiger partial charge in [-0.2, -0.15) is 0 Å². The number of ether oxygens (including phenoxy) is 1. The lowest BCUT2D eigenvalue weighted by molar-refractivity contribution is 0.156. The number of fused-ring (bicyclic) bond motifs is 1. The molecule has 0 aliphatic heterocycles. The molecular formula is C18H20O2. The van der Waals surface area contributed by atoms with Crippen LogP contribution in [0.5, 0.6) is 5.75 Å². The summed E-state index contributed by atoms with van der Waals surface area (Å²) in [5.41, 5.74) is 4.65. The van der Waals surface area contributed by atoms with Crippen LogP contribution in [0.3, 0.4) is 0 Å². The third kappa shape index (κ3) is 2.44. The van der Waals surface area contributed by atoms with Gasteiger partial charge in [0.2, 0.25) is 0 Å². The van der Waals surface area contributed by atoms with Gasteiger partial charge in [-0.3, -0.25) is 0 Å². The summed E-state index contributed by atoms with van der Waals surface area (Å²) in [6, 6.07) is 14.5. The van der Waals surface area contributed by atoms with Crippen molar-refractivity contribution < 1.29 is 9.84 Å². The van der Waals surface area contributed by atoms with E-state index < -0.39 is 0 Å². The molecule has 2 heteroatoms. The van der Waals surface area contributed by atoms with Gasteiger partial charge in [0.15, 0.2) is 0 Å². The van der Waals surface area contributed by atoms with E-state index in [0.29, 0.717) is 6.61 Å². The van der Waals surface area contributed by atoms with Crippen LogP contribution in [0.2, 0.25) is 0 Å². The van der Waals surface area contributed by atoms with Crippen LogP contribution in [0, 0.1) is 0 Å². The van der Waals surface area contributed by atoms with Crippen LogP contribution in [0.1, 0.15) is 37.0 Å². The molecule has 1 atom stereocenters. The second-order valence-corrected chi connectivity index (χ2v) is 5.25. The Morgan fingerprint density at radius 1 is 1.20 bits per heavy atom. The zero-order chi connectivity index (χ0) is 13.9. The van der Waals surface area contributed by atoms with Gasteiger partial charge in [-0.05, 0) is 48.9 Å². The third-order valence-electron chi connectivity index (χ3n) is 3.92. The molecule has 1 N–H and O–H groups in total. The zero-order valence-electron chi connectivity index (χ0n) is 11.8. The molecule has 0 spiro atoms. The Balaban J connectivity index is 2.03.